The average Bonchev–Trinajstić information content (AvgIpc) is 1.79. The van der Waals surface area contributed by atoms with Crippen molar-refractivity contribution in [1.82, 2.24) is 29.2 Å². The molecule has 0 saturated carbocycles. The van der Waals surface area contributed by atoms with E-state index in [2.05, 4.69) is 46.0 Å². The zero-order valence-electron chi connectivity index (χ0n) is 58.2. The number of carbonyl (C=O) groups excluding carboxylic acids is 5. The fourth-order valence-electron chi connectivity index (χ4n) is 10.9. The number of halogens is 2. The number of aromatic carboxylic acids is 1. The van der Waals surface area contributed by atoms with E-state index in [4.69, 9.17) is 37.8 Å². The van der Waals surface area contributed by atoms with E-state index in [1.54, 1.807) is 21.9 Å². The quantitative estimate of drug-likeness (QED) is 0.0655. The minimum Gasteiger partial charge on any atom is -0.478 e. The third-order valence-electron chi connectivity index (χ3n) is 15.8. The zero-order valence-corrected chi connectivity index (χ0v) is 61.3. The number of nitrogens with zero attached hydrogens (tertiary/aromatic N) is 5. The number of carboxylic acids is 1. The van der Waals surface area contributed by atoms with Crippen LogP contribution >= 0.6 is 23.2 Å². The third-order valence-corrected chi connectivity index (χ3v) is 19.1. The molecule has 25 heteroatoms. The smallest absolute Gasteiger partial charge is 0.410 e. The Balaban J connectivity index is 0.000000254. The maximum atomic E-state index is 14.0. The van der Waals surface area contributed by atoms with Crippen LogP contribution in [0, 0.1) is 11.8 Å². The first-order chi connectivity index (χ1) is 44.8. The van der Waals surface area contributed by atoms with Gasteiger partial charge in [0.2, 0.25) is 0 Å². The summed E-state index contributed by atoms with van der Waals surface area (Å²) in [6.07, 6.45) is 2.84. The van der Waals surface area contributed by atoms with Crippen LogP contribution in [0.1, 0.15) is 189 Å². The molecule has 8 rings (SSSR count). The summed E-state index contributed by atoms with van der Waals surface area (Å²) in [5.41, 5.74) is 0.592. The van der Waals surface area contributed by atoms with Gasteiger partial charge < -0.3 is 34.6 Å². The lowest BCUT2D eigenvalue weighted by molar-refractivity contribution is 0.0118. The zero-order chi connectivity index (χ0) is 72.4. The van der Waals surface area contributed by atoms with Gasteiger partial charge in [0.15, 0.2) is 0 Å². The molecule has 2 saturated heterocycles. The molecule has 0 radical (unpaired) electrons. The number of nitrogens with one attached hydrogen (secondary N) is 3. The van der Waals surface area contributed by atoms with Gasteiger partial charge in [-0.3, -0.25) is 14.4 Å². The van der Waals surface area contributed by atoms with Crippen molar-refractivity contribution in [3.8, 4) is 0 Å². The van der Waals surface area contributed by atoms with Crippen molar-refractivity contribution < 1.29 is 60.2 Å². The molecule has 0 bridgehead atoms. The molecule has 0 aliphatic carbocycles. The van der Waals surface area contributed by atoms with Gasteiger partial charge in [0.05, 0.1) is 26.5 Å². The van der Waals surface area contributed by atoms with E-state index in [9.17, 15) is 45.6 Å². The molecule has 2 atom stereocenters. The van der Waals surface area contributed by atoms with Gasteiger partial charge in [0, 0.05) is 76.4 Å². The summed E-state index contributed by atoms with van der Waals surface area (Å²) in [6.45, 7) is 33.6. The van der Waals surface area contributed by atoms with Crippen molar-refractivity contribution in [3.63, 3.8) is 0 Å². The van der Waals surface area contributed by atoms with Crippen LogP contribution < -0.4 is 19.7 Å². The predicted octanol–water partition coefficient (Wildman–Crippen LogP) is 14.6. The van der Waals surface area contributed by atoms with Crippen LogP contribution in [0.2, 0.25) is 10.3 Å². The Morgan fingerprint density at radius 2 is 0.959 bits per heavy atom. The van der Waals surface area contributed by atoms with Crippen LogP contribution in [0.5, 0.6) is 0 Å². The summed E-state index contributed by atoms with van der Waals surface area (Å²) in [7, 11) is -8.65. The lowest BCUT2D eigenvalue weighted by Gasteiger charge is -2.33. The number of hydrogen-bond donors (Lipinski definition) is 4. The highest BCUT2D eigenvalue weighted by Gasteiger charge is 2.44. The Labute approximate surface area is 581 Å². The molecule has 2 aliphatic heterocycles. The summed E-state index contributed by atoms with van der Waals surface area (Å²) in [6, 6.07) is 35.6. The Morgan fingerprint density at radius 3 is 1.36 bits per heavy atom. The molecular formula is C72H92Cl2N8O13S2. The van der Waals surface area contributed by atoms with Gasteiger partial charge in [-0.2, -0.15) is 0 Å². The van der Waals surface area contributed by atoms with Crippen LogP contribution in [-0.2, 0) is 40.4 Å². The lowest BCUT2D eigenvalue weighted by atomic mass is 9.91. The van der Waals surface area contributed by atoms with E-state index >= 15 is 0 Å². The van der Waals surface area contributed by atoms with Crippen LogP contribution in [0.3, 0.4) is 0 Å². The number of pyridine rings is 2. The average molecular weight is 1410 g/mol. The highest BCUT2D eigenvalue weighted by atomic mass is 35.5. The number of anilines is 2. The highest BCUT2D eigenvalue weighted by molar-refractivity contribution is 7.90. The Hall–Kier alpha value is -8.12. The van der Waals surface area contributed by atoms with E-state index < -0.39 is 60.5 Å². The summed E-state index contributed by atoms with van der Waals surface area (Å²) in [4.78, 5) is 88.7. The fraction of sp³-hybridized carbons (Fsp3) is 0.444. The number of ether oxygens (including phenoxy) is 2. The van der Waals surface area contributed by atoms with Gasteiger partial charge >= 0.3 is 18.2 Å². The molecule has 524 valence electrons. The maximum absolute atomic E-state index is 14.0. The number of benzene rings is 4. The first-order valence-corrected chi connectivity index (χ1v) is 35.6. The SMILES string of the molecule is CC(C)(C)OC(=O)N1CC(CCN(C(=O)c2cccc(S(=O)(=O)NC(=O)c3ccc(C(C)(C)C)nc3Cl)c2)c2ccccc2)CC1(C)C.CC(C)(C)OC(=O)N1CC(CCNc2ccccc2)CC1(C)C.CC(C)(C)c1ccc(C(=O)NS(=O)(=O)c2cccc(C(=O)O)c2)c(Cl)n1. The first-order valence-electron chi connectivity index (χ1n) is 31.9. The maximum Gasteiger partial charge on any atom is 0.410 e. The van der Waals surface area contributed by atoms with E-state index in [-0.39, 0.29) is 76.8 Å². The molecule has 4 heterocycles. The lowest BCUT2D eigenvalue weighted by Crippen LogP contribution is -2.45. The Bertz CT molecular complexity index is 4050. The van der Waals surface area contributed by atoms with Gasteiger partial charge in [-0.05, 0) is 192 Å². The Morgan fingerprint density at radius 1 is 0.557 bits per heavy atom. The minimum absolute atomic E-state index is 0.0870. The second-order valence-electron chi connectivity index (χ2n) is 29.4. The van der Waals surface area contributed by atoms with Gasteiger partial charge in [-0.25, -0.2) is 50.6 Å². The number of amides is 5. The van der Waals surface area contributed by atoms with Crippen molar-refractivity contribution >= 4 is 90.5 Å². The number of hydrogen-bond acceptors (Lipinski definition) is 15. The van der Waals surface area contributed by atoms with Crippen molar-refractivity contribution in [2.45, 2.75) is 179 Å². The second kappa shape index (κ2) is 31.2. The molecule has 6 aromatic rings. The topological polar surface area (TPSA) is 281 Å². The number of sulfonamides is 2. The number of likely N-dealkylation sites (tertiary alicyclic amines) is 2. The number of carbonyl (C=O) groups is 6. The molecule has 5 amide bonds. The summed E-state index contributed by atoms with van der Waals surface area (Å²) in [5, 5.41) is 12.2. The van der Waals surface area contributed by atoms with E-state index in [1.807, 2.05) is 155 Å². The van der Waals surface area contributed by atoms with Gasteiger partial charge in [0.25, 0.3) is 37.8 Å². The monoisotopic (exact) mass is 1410 g/mol. The van der Waals surface area contributed by atoms with Crippen LogP contribution in [0.25, 0.3) is 0 Å². The van der Waals surface area contributed by atoms with Crippen molar-refractivity contribution in [3.05, 3.63) is 177 Å². The molecule has 2 fully saturated rings. The summed E-state index contributed by atoms with van der Waals surface area (Å²) in [5.74, 6) is -2.96. The summed E-state index contributed by atoms with van der Waals surface area (Å²) < 4.78 is 66.5. The van der Waals surface area contributed by atoms with Gasteiger partial charge in [-0.1, -0.05) is 113 Å². The second-order valence-corrected chi connectivity index (χ2v) is 33.5. The third kappa shape index (κ3) is 22.2. The van der Waals surface area contributed by atoms with E-state index in [0.717, 1.165) is 44.1 Å². The predicted molar refractivity (Wildman–Crippen MR) is 378 cm³/mol. The molecule has 0 spiro atoms. The largest absolute Gasteiger partial charge is 0.478 e. The van der Waals surface area contributed by atoms with Crippen LogP contribution in [0.4, 0.5) is 21.0 Å². The highest BCUT2D eigenvalue weighted by Crippen LogP contribution is 2.38. The first kappa shape index (κ1) is 77.9. The normalized spacial score (nSPS) is 16.1. The van der Waals surface area contributed by atoms with Crippen molar-refractivity contribution in [2.75, 3.05) is 36.4 Å². The van der Waals surface area contributed by atoms with Crippen molar-refractivity contribution in [1.29, 1.82) is 0 Å². The van der Waals surface area contributed by atoms with Crippen molar-refractivity contribution in [2.24, 2.45) is 11.8 Å². The number of para-hydroxylation sites is 2. The molecule has 2 unspecified atom stereocenters. The van der Waals surface area contributed by atoms with E-state index in [1.165, 1.54) is 54.6 Å². The molecule has 4 N–H and O–H groups in total. The van der Waals surface area contributed by atoms with Gasteiger partial charge in [-0.15, -0.1) is 0 Å². The van der Waals surface area contributed by atoms with Gasteiger partial charge in [0.1, 0.15) is 21.5 Å². The van der Waals surface area contributed by atoms with Crippen LogP contribution in [-0.4, -0.2) is 126 Å². The number of rotatable bonds is 16. The summed E-state index contributed by atoms with van der Waals surface area (Å²) >= 11 is 12.3. The minimum atomic E-state index is -4.38. The number of carboxylic acid groups (broad SMARTS) is 1. The van der Waals surface area contributed by atoms with E-state index in [0.29, 0.717) is 42.5 Å². The Kier molecular flexibility index (Phi) is 25.0. The molecule has 97 heavy (non-hydrogen) atoms. The van der Waals surface area contributed by atoms with Crippen LogP contribution in [0.15, 0.2) is 143 Å². The molecular weight excluding hydrogens is 1320 g/mol. The standard InChI is InChI=1S/C36H45ClN4O6S.C19H30N2O2.C17H17ClN2O5S/c1-34(2,3)29-18-17-28(30(37)38-29)31(42)39-48(45,46)27-16-12-13-25(21-27)32(43)40(26-14-10-9-11-15-26)20-19-24-22-36(7,8)41(23-24)33(44)47-35(4,5)6;1-18(2,3)23-17(22)21-14-15(13-19(21,4)5)11-12-20-16-9-7-6-8-10-16;1-17(2,3)13-8-7-12(14(18)19-13)15(21)20-26(24,25)11-6-4-5-10(9-11)16(22)23/h9-18,21,24H,19-20,22-23H2,1-8H3,(H,39,42);6-10,15,20H,11-14H2,1-5H3;4-9H,1-3H3,(H,20,21)(H,22,23). The fourth-order valence-corrected chi connectivity index (χ4v) is 13.4. The molecule has 2 aromatic heterocycles. The molecule has 4 aromatic carbocycles. The molecule has 2 aliphatic rings. The number of aromatic nitrogens is 2. The molecule has 21 nitrogen and oxygen atoms in total.